The van der Waals surface area contributed by atoms with Crippen LogP contribution in [0.5, 0.6) is 0 Å². The van der Waals surface area contributed by atoms with Crippen LogP contribution in [0.2, 0.25) is 5.02 Å². The molecule has 0 aliphatic carbocycles. The zero-order valence-electron chi connectivity index (χ0n) is 16.4. The van der Waals surface area contributed by atoms with Crippen molar-refractivity contribution in [3.8, 4) is 0 Å². The van der Waals surface area contributed by atoms with Crippen LogP contribution in [0, 0.1) is 0 Å². The number of hydrogen-bond acceptors (Lipinski definition) is 3. The van der Waals surface area contributed by atoms with Gasteiger partial charge in [0.2, 0.25) is 0 Å². The number of fused-ring (bicyclic) bond motifs is 1. The van der Waals surface area contributed by atoms with Crippen molar-refractivity contribution in [3.63, 3.8) is 0 Å². The Morgan fingerprint density at radius 2 is 1.55 bits per heavy atom. The van der Waals surface area contributed by atoms with E-state index in [1.165, 1.54) is 18.2 Å². The molecule has 2 N–H and O–H groups in total. The van der Waals surface area contributed by atoms with Crippen LogP contribution in [0.4, 0.5) is 5.69 Å². The quantitative estimate of drug-likeness (QED) is 0.422. The third-order valence-electron chi connectivity index (χ3n) is 4.83. The fourth-order valence-corrected chi connectivity index (χ4v) is 4.88. The SMILES string of the molecule is O=C(NCc1cccc2ccccc12)c1ccc(Cl)c(S(=O)(=O)Nc2ccccc2)c1. The second-order valence-electron chi connectivity index (χ2n) is 6.94. The largest absolute Gasteiger partial charge is 0.348 e. The number of benzene rings is 4. The highest BCUT2D eigenvalue weighted by atomic mass is 35.5. The Kier molecular flexibility index (Phi) is 5.93. The van der Waals surface area contributed by atoms with Crippen LogP contribution in [0.15, 0.2) is 95.9 Å². The van der Waals surface area contributed by atoms with E-state index in [0.717, 1.165) is 16.3 Å². The fraction of sp³-hybridized carbons (Fsp3) is 0.0417. The Labute approximate surface area is 185 Å². The lowest BCUT2D eigenvalue weighted by atomic mass is 10.0. The molecule has 156 valence electrons. The Bertz CT molecular complexity index is 1350. The first-order chi connectivity index (χ1) is 14.9. The maximum Gasteiger partial charge on any atom is 0.263 e. The summed E-state index contributed by atoms with van der Waals surface area (Å²) in [5, 5.41) is 5.03. The average Bonchev–Trinajstić information content (AvgIpc) is 2.78. The van der Waals surface area contributed by atoms with Crippen molar-refractivity contribution in [2.75, 3.05) is 4.72 Å². The van der Waals surface area contributed by atoms with Crippen LogP contribution in [-0.4, -0.2) is 14.3 Å². The zero-order chi connectivity index (χ0) is 21.8. The predicted octanol–water partition coefficient (Wildman–Crippen LogP) is 5.22. The molecule has 0 aromatic heterocycles. The Morgan fingerprint density at radius 3 is 2.35 bits per heavy atom. The molecule has 0 saturated heterocycles. The van der Waals surface area contributed by atoms with Gasteiger partial charge in [-0.25, -0.2) is 8.42 Å². The highest BCUT2D eigenvalue weighted by Crippen LogP contribution is 2.25. The van der Waals surface area contributed by atoms with E-state index in [1.54, 1.807) is 30.3 Å². The Balaban J connectivity index is 1.55. The summed E-state index contributed by atoms with van der Waals surface area (Å²) in [4.78, 5) is 12.6. The van der Waals surface area contributed by atoms with Crippen molar-refractivity contribution < 1.29 is 13.2 Å². The summed E-state index contributed by atoms with van der Waals surface area (Å²) >= 11 is 6.14. The lowest BCUT2D eigenvalue weighted by Gasteiger charge is -2.12. The van der Waals surface area contributed by atoms with E-state index in [2.05, 4.69) is 10.0 Å². The highest BCUT2D eigenvalue weighted by Gasteiger charge is 2.20. The molecule has 0 unspecified atom stereocenters. The van der Waals surface area contributed by atoms with Crippen molar-refractivity contribution in [1.82, 2.24) is 5.32 Å². The van der Waals surface area contributed by atoms with Gasteiger partial charge >= 0.3 is 0 Å². The molecule has 0 radical (unpaired) electrons. The van der Waals surface area contributed by atoms with E-state index in [9.17, 15) is 13.2 Å². The molecule has 7 heteroatoms. The highest BCUT2D eigenvalue weighted by molar-refractivity contribution is 7.92. The normalized spacial score (nSPS) is 11.3. The fourth-order valence-electron chi connectivity index (χ4n) is 3.29. The van der Waals surface area contributed by atoms with Gasteiger partial charge in [0.05, 0.1) is 5.02 Å². The number of anilines is 1. The minimum absolute atomic E-state index is 0.0361. The van der Waals surface area contributed by atoms with E-state index in [1.807, 2.05) is 42.5 Å². The monoisotopic (exact) mass is 450 g/mol. The van der Waals surface area contributed by atoms with Crippen molar-refractivity contribution in [2.45, 2.75) is 11.4 Å². The second kappa shape index (κ2) is 8.79. The van der Waals surface area contributed by atoms with Crippen molar-refractivity contribution in [2.24, 2.45) is 0 Å². The summed E-state index contributed by atoms with van der Waals surface area (Å²) in [5.74, 6) is -0.388. The minimum atomic E-state index is -3.96. The van der Waals surface area contributed by atoms with Gasteiger partial charge in [-0.1, -0.05) is 72.3 Å². The van der Waals surface area contributed by atoms with Crippen molar-refractivity contribution in [3.05, 3.63) is 107 Å². The molecule has 5 nitrogen and oxygen atoms in total. The van der Waals surface area contributed by atoms with Gasteiger partial charge in [-0.15, -0.1) is 0 Å². The molecule has 4 rings (SSSR count). The number of amides is 1. The topological polar surface area (TPSA) is 75.3 Å². The van der Waals surface area contributed by atoms with E-state index in [0.29, 0.717) is 12.2 Å². The molecule has 0 aliphatic heterocycles. The van der Waals surface area contributed by atoms with Crippen LogP contribution in [0.3, 0.4) is 0 Å². The lowest BCUT2D eigenvalue weighted by molar-refractivity contribution is 0.0951. The molecule has 31 heavy (non-hydrogen) atoms. The maximum atomic E-state index is 12.8. The van der Waals surface area contributed by atoms with Crippen LogP contribution in [-0.2, 0) is 16.6 Å². The lowest BCUT2D eigenvalue weighted by Crippen LogP contribution is -2.23. The van der Waals surface area contributed by atoms with Gasteiger partial charge < -0.3 is 5.32 Å². The van der Waals surface area contributed by atoms with E-state index in [-0.39, 0.29) is 21.4 Å². The molecular formula is C24H19ClN2O3S. The first-order valence-electron chi connectivity index (χ1n) is 9.56. The summed E-state index contributed by atoms with van der Waals surface area (Å²) in [6.45, 7) is 0.313. The summed E-state index contributed by atoms with van der Waals surface area (Å²) < 4.78 is 28.1. The minimum Gasteiger partial charge on any atom is -0.348 e. The van der Waals surface area contributed by atoms with Gasteiger partial charge in [0.25, 0.3) is 15.9 Å². The summed E-state index contributed by atoms with van der Waals surface area (Å²) in [6.07, 6.45) is 0. The molecule has 0 fully saturated rings. The third kappa shape index (κ3) is 4.71. The number of halogens is 1. The van der Waals surface area contributed by atoms with Gasteiger partial charge in [-0.3, -0.25) is 9.52 Å². The van der Waals surface area contributed by atoms with Crippen molar-refractivity contribution >= 4 is 44.0 Å². The van der Waals surface area contributed by atoms with Crippen LogP contribution in [0.1, 0.15) is 15.9 Å². The molecule has 0 bridgehead atoms. The molecule has 0 spiro atoms. The maximum absolute atomic E-state index is 12.8. The second-order valence-corrected chi connectivity index (χ2v) is 9.00. The molecule has 0 saturated carbocycles. The molecule has 0 heterocycles. The Hall–Kier alpha value is -3.35. The van der Waals surface area contributed by atoms with E-state index in [4.69, 9.17) is 11.6 Å². The molecular weight excluding hydrogens is 432 g/mol. The summed E-state index contributed by atoms with van der Waals surface area (Å²) in [5.41, 5.74) is 1.58. The van der Waals surface area contributed by atoms with Gasteiger partial charge in [0, 0.05) is 17.8 Å². The Morgan fingerprint density at radius 1 is 0.839 bits per heavy atom. The number of carbonyl (C=O) groups is 1. The standard InChI is InChI=1S/C24H19ClN2O3S/c25-22-14-13-18(15-23(22)31(29,30)27-20-10-2-1-3-11-20)24(28)26-16-19-9-6-8-17-7-4-5-12-21(17)19/h1-15,27H,16H2,(H,26,28). The summed E-state index contributed by atoms with van der Waals surface area (Å²) in [6, 6.07) is 26.5. The smallest absolute Gasteiger partial charge is 0.263 e. The number of rotatable bonds is 6. The number of carbonyl (C=O) groups excluding carboxylic acids is 1. The van der Waals surface area contributed by atoms with Gasteiger partial charge in [-0.05, 0) is 46.7 Å². The number of hydrogen-bond donors (Lipinski definition) is 2. The van der Waals surface area contributed by atoms with Crippen LogP contribution < -0.4 is 10.0 Å². The van der Waals surface area contributed by atoms with Gasteiger partial charge in [0.15, 0.2) is 0 Å². The number of nitrogens with one attached hydrogen (secondary N) is 2. The molecule has 4 aromatic carbocycles. The first-order valence-corrected chi connectivity index (χ1v) is 11.4. The number of sulfonamides is 1. The van der Waals surface area contributed by atoms with Crippen LogP contribution in [0.25, 0.3) is 10.8 Å². The molecule has 0 atom stereocenters. The molecule has 4 aromatic rings. The summed E-state index contributed by atoms with van der Waals surface area (Å²) in [7, 11) is -3.96. The average molecular weight is 451 g/mol. The molecule has 1 amide bonds. The van der Waals surface area contributed by atoms with E-state index >= 15 is 0 Å². The third-order valence-corrected chi connectivity index (χ3v) is 6.69. The van der Waals surface area contributed by atoms with Gasteiger partial charge in [-0.2, -0.15) is 0 Å². The van der Waals surface area contributed by atoms with Crippen LogP contribution >= 0.6 is 11.6 Å². The molecule has 0 aliphatic rings. The van der Waals surface area contributed by atoms with E-state index < -0.39 is 10.0 Å². The number of para-hydroxylation sites is 1. The van der Waals surface area contributed by atoms with Crippen molar-refractivity contribution in [1.29, 1.82) is 0 Å². The van der Waals surface area contributed by atoms with Gasteiger partial charge in [0.1, 0.15) is 4.90 Å². The zero-order valence-corrected chi connectivity index (χ0v) is 18.0. The first kappa shape index (κ1) is 20.9. The predicted molar refractivity (Wildman–Crippen MR) is 124 cm³/mol.